The van der Waals surface area contributed by atoms with Gasteiger partial charge < -0.3 is 0 Å². The smallest absolute Gasteiger partial charge is 0.0104 e. The molecule has 0 unspecified atom stereocenters. The minimum absolute atomic E-state index is 0.333. The Morgan fingerprint density at radius 3 is 2.77 bits per heavy atom. The Morgan fingerprint density at radius 2 is 2.08 bits per heavy atom. The van der Waals surface area contributed by atoms with Gasteiger partial charge >= 0.3 is 0 Å². The molecule has 0 radical (unpaired) electrons. The quantitative estimate of drug-likeness (QED) is 0.603. The average Bonchev–Trinajstić information content (AvgIpc) is 2.31. The zero-order valence-electron chi connectivity index (χ0n) is 9.01. The molecule has 0 atom stereocenters. The predicted molar refractivity (Wildman–Crippen MR) is 59.7 cm³/mol. The van der Waals surface area contributed by atoms with Crippen LogP contribution >= 0.6 is 0 Å². The topological polar surface area (TPSA) is 0 Å². The summed E-state index contributed by atoms with van der Waals surface area (Å²) in [6, 6.07) is 0. The molecule has 0 bridgehead atoms. The van der Waals surface area contributed by atoms with E-state index >= 15 is 0 Å². The molecule has 0 aromatic carbocycles. The van der Waals surface area contributed by atoms with Gasteiger partial charge in [0.15, 0.2) is 0 Å². The zero-order chi connectivity index (χ0) is 9.73. The molecular formula is C13H20. The van der Waals surface area contributed by atoms with Gasteiger partial charge in [-0.2, -0.15) is 0 Å². The fourth-order valence-corrected chi connectivity index (χ4v) is 1.80. The Morgan fingerprint density at radius 1 is 1.31 bits per heavy atom. The van der Waals surface area contributed by atoms with Crippen LogP contribution in [0.25, 0.3) is 0 Å². The fraction of sp³-hybridized carbons (Fsp3) is 0.538. The van der Waals surface area contributed by atoms with E-state index in [0.29, 0.717) is 5.41 Å². The second-order valence-corrected chi connectivity index (χ2v) is 4.32. The number of allylic oxidation sites excluding steroid dienone is 6. The molecule has 0 saturated carbocycles. The second kappa shape index (κ2) is 4.45. The van der Waals surface area contributed by atoms with Crippen molar-refractivity contribution in [3.8, 4) is 0 Å². The Hall–Kier alpha value is -0.780. The Labute approximate surface area is 82.0 Å². The highest BCUT2D eigenvalue weighted by Crippen LogP contribution is 2.33. The third kappa shape index (κ3) is 2.87. The SMILES string of the molecule is CCCC(C)(C)C1=CC=CCC=C1. The molecular weight excluding hydrogens is 156 g/mol. The van der Waals surface area contributed by atoms with E-state index < -0.39 is 0 Å². The molecule has 0 aromatic heterocycles. The summed E-state index contributed by atoms with van der Waals surface area (Å²) in [6.45, 7) is 6.90. The molecule has 0 aliphatic heterocycles. The van der Waals surface area contributed by atoms with Crippen molar-refractivity contribution in [2.75, 3.05) is 0 Å². The first-order valence-corrected chi connectivity index (χ1v) is 5.20. The van der Waals surface area contributed by atoms with Crippen molar-refractivity contribution < 1.29 is 0 Å². The summed E-state index contributed by atoms with van der Waals surface area (Å²) in [5, 5.41) is 0. The van der Waals surface area contributed by atoms with Crippen LogP contribution in [0.5, 0.6) is 0 Å². The van der Waals surface area contributed by atoms with Crippen molar-refractivity contribution in [2.24, 2.45) is 5.41 Å². The molecule has 0 N–H and O–H groups in total. The third-order valence-electron chi connectivity index (χ3n) is 2.64. The first-order valence-electron chi connectivity index (χ1n) is 5.20. The highest BCUT2D eigenvalue weighted by Gasteiger charge is 2.19. The minimum Gasteiger partial charge on any atom is -0.0807 e. The Bertz CT molecular complexity index is 239. The summed E-state index contributed by atoms with van der Waals surface area (Å²) < 4.78 is 0. The Kier molecular flexibility index (Phi) is 3.53. The van der Waals surface area contributed by atoms with Crippen LogP contribution < -0.4 is 0 Å². The van der Waals surface area contributed by atoms with E-state index in [-0.39, 0.29) is 0 Å². The van der Waals surface area contributed by atoms with Crippen LogP contribution in [-0.2, 0) is 0 Å². The molecule has 0 heteroatoms. The lowest BCUT2D eigenvalue weighted by molar-refractivity contribution is 0.412. The van der Waals surface area contributed by atoms with E-state index in [1.807, 2.05) is 0 Å². The molecule has 72 valence electrons. The van der Waals surface area contributed by atoms with Gasteiger partial charge in [0.25, 0.3) is 0 Å². The normalized spacial score (nSPS) is 17.0. The van der Waals surface area contributed by atoms with Gasteiger partial charge in [0, 0.05) is 0 Å². The molecule has 0 nitrogen and oxygen atoms in total. The molecule has 0 fully saturated rings. The van der Waals surface area contributed by atoms with Gasteiger partial charge in [-0.05, 0) is 23.8 Å². The molecule has 0 aromatic rings. The van der Waals surface area contributed by atoms with E-state index in [9.17, 15) is 0 Å². The highest BCUT2D eigenvalue weighted by molar-refractivity contribution is 5.31. The third-order valence-corrected chi connectivity index (χ3v) is 2.64. The van der Waals surface area contributed by atoms with Crippen molar-refractivity contribution in [3.63, 3.8) is 0 Å². The van der Waals surface area contributed by atoms with Crippen molar-refractivity contribution in [2.45, 2.75) is 40.0 Å². The standard InChI is InChI=1S/C13H20/c1-4-11-13(2,3)12-9-7-5-6-8-10-12/h5,7-10H,4,6,11H2,1-3H3. The summed E-state index contributed by atoms with van der Waals surface area (Å²) >= 11 is 0. The van der Waals surface area contributed by atoms with Crippen LogP contribution in [0.2, 0.25) is 0 Å². The maximum atomic E-state index is 2.33. The van der Waals surface area contributed by atoms with Crippen LogP contribution in [-0.4, -0.2) is 0 Å². The largest absolute Gasteiger partial charge is 0.0807 e. The van der Waals surface area contributed by atoms with Crippen LogP contribution in [0.3, 0.4) is 0 Å². The van der Waals surface area contributed by atoms with E-state index in [2.05, 4.69) is 51.2 Å². The molecule has 0 spiro atoms. The van der Waals surface area contributed by atoms with E-state index in [0.717, 1.165) is 6.42 Å². The van der Waals surface area contributed by atoms with Crippen LogP contribution in [0, 0.1) is 5.41 Å². The number of rotatable bonds is 3. The molecule has 1 aliphatic carbocycles. The average molecular weight is 176 g/mol. The van der Waals surface area contributed by atoms with Crippen molar-refractivity contribution in [3.05, 3.63) is 36.0 Å². The highest BCUT2D eigenvalue weighted by atomic mass is 14.2. The summed E-state index contributed by atoms with van der Waals surface area (Å²) in [4.78, 5) is 0. The fourth-order valence-electron chi connectivity index (χ4n) is 1.80. The van der Waals surface area contributed by atoms with Crippen LogP contribution in [0.4, 0.5) is 0 Å². The van der Waals surface area contributed by atoms with E-state index in [1.165, 1.54) is 18.4 Å². The molecule has 13 heavy (non-hydrogen) atoms. The molecule has 1 aliphatic rings. The van der Waals surface area contributed by atoms with E-state index in [1.54, 1.807) is 0 Å². The van der Waals surface area contributed by atoms with Crippen molar-refractivity contribution >= 4 is 0 Å². The van der Waals surface area contributed by atoms with Crippen LogP contribution in [0.1, 0.15) is 40.0 Å². The second-order valence-electron chi connectivity index (χ2n) is 4.32. The lowest BCUT2D eigenvalue weighted by Crippen LogP contribution is -2.12. The van der Waals surface area contributed by atoms with Gasteiger partial charge in [-0.1, -0.05) is 57.6 Å². The van der Waals surface area contributed by atoms with E-state index in [4.69, 9.17) is 0 Å². The summed E-state index contributed by atoms with van der Waals surface area (Å²) in [7, 11) is 0. The molecule has 0 saturated heterocycles. The van der Waals surface area contributed by atoms with Gasteiger partial charge in [0.1, 0.15) is 0 Å². The van der Waals surface area contributed by atoms with Gasteiger partial charge in [-0.25, -0.2) is 0 Å². The van der Waals surface area contributed by atoms with Gasteiger partial charge in [-0.3, -0.25) is 0 Å². The van der Waals surface area contributed by atoms with Crippen molar-refractivity contribution in [1.82, 2.24) is 0 Å². The van der Waals surface area contributed by atoms with Gasteiger partial charge in [0.05, 0.1) is 0 Å². The lowest BCUT2D eigenvalue weighted by atomic mass is 9.80. The Balaban J connectivity index is 2.79. The maximum Gasteiger partial charge on any atom is -0.0104 e. The van der Waals surface area contributed by atoms with Crippen molar-refractivity contribution in [1.29, 1.82) is 0 Å². The predicted octanol–water partition coefficient (Wildman–Crippen LogP) is 4.26. The van der Waals surface area contributed by atoms with Gasteiger partial charge in [0.2, 0.25) is 0 Å². The first-order chi connectivity index (χ1) is 6.17. The monoisotopic (exact) mass is 176 g/mol. The number of hydrogen-bond donors (Lipinski definition) is 0. The molecule has 0 heterocycles. The molecule has 0 amide bonds. The zero-order valence-corrected chi connectivity index (χ0v) is 9.01. The summed E-state index contributed by atoms with van der Waals surface area (Å²) in [5.41, 5.74) is 1.79. The summed E-state index contributed by atoms with van der Waals surface area (Å²) in [5.74, 6) is 0. The lowest BCUT2D eigenvalue weighted by Gasteiger charge is -2.25. The van der Waals surface area contributed by atoms with Gasteiger partial charge in [-0.15, -0.1) is 0 Å². The summed E-state index contributed by atoms with van der Waals surface area (Å²) in [6.07, 6.45) is 14.7. The maximum absolute atomic E-state index is 2.33. The minimum atomic E-state index is 0.333. The number of hydrogen-bond acceptors (Lipinski definition) is 0. The molecule has 1 rings (SSSR count). The van der Waals surface area contributed by atoms with Crippen LogP contribution in [0.15, 0.2) is 36.0 Å². The first kappa shape index (κ1) is 10.3.